The number of hydrogen-bond acceptors (Lipinski definition) is 1. The highest BCUT2D eigenvalue weighted by atomic mass is 16.3. The van der Waals surface area contributed by atoms with Crippen molar-refractivity contribution in [2.24, 2.45) is 17.8 Å². The van der Waals surface area contributed by atoms with E-state index in [1.54, 1.807) is 5.57 Å². The topological polar surface area (TPSA) is 13.1 Å². The molecule has 1 heterocycles. The lowest BCUT2D eigenvalue weighted by Gasteiger charge is -2.42. The zero-order valence-electron chi connectivity index (χ0n) is 32.4. The van der Waals surface area contributed by atoms with E-state index in [0.717, 1.165) is 37.0 Å². The number of furan rings is 1. The van der Waals surface area contributed by atoms with Crippen LogP contribution in [0.1, 0.15) is 88.5 Å². The number of rotatable bonds is 6. The third kappa shape index (κ3) is 6.44. The van der Waals surface area contributed by atoms with Gasteiger partial charge in [-0.1, -0.05) is 182 Å². The van der Waals surface area contributed by atoms with Crippen molar-refractivity contribution < 1.29 is 4.42 Å². The highest BCUT2D eigenvalue weighted by Gasteiger charge is 2.41. The first-order valence-corrected chi connectivity index (χ1v) is 21.2. The van der Waals surface area contributed by atoms with Crippen LogP contribution in [-0.2, 0) is 6.42 Å². The summed E-state index contributed by atoms with van der Waals surface area (Å²) in [6.45, 7) is 0. The molecule has 0 bridgehead atoms. The minimum Gasteiger partial charge on any atom is -0.456 e. The lowest BCUT2D eigenvalue weighted by Crippen LogP contribution is -2.29. The van der Waals surface area contributed by atoms with Crippen LogP contribution < -0.4 is 0 Å². The predicted molar refractivity (Wildman–Crippen MR) is 237 cm³/mol. The van der Waals surface area contributed by atoms with Gasteiger partial charge in [0.15, 0.2) is 0 Å². The van der Waals surface area contributed by atoms with Gasteiger partial charge < -0.3 is 4.42 Å². The van der Waals surface area contributed by atoms with E-state index in [2.05, 4.69) is 188 Å². The summed E-state index contributed by atoms with van der Waals surface area (Å²) in [4.78, 5) is 0. The van der Waals surface area contributed by atoms with E-state index in [1.165, 1.54) is 61.9 Å². The molecule has 0 spiro atoms. The molecule has 1 aromatic heterocycles. The fourth-order valence-electron chi connectivity index (χ4n) is 10.9. The standard InChI is InChI=1S/C56H48O/c1-4-13-37(14-5-1)40-19-12-20-41(29-40)47-32-48(45-26-25-43-30-42(23-24-44(43)31-45)38-15-6-2-7-16-38)34-49(33-47)53-36-55-56(51-22-11-10-21-50(51)53)52-28-27-46(35-54(52)57-55)39-17-8-3-9-18-39/h1-18,20-29,31,35-36,40,42,47-51H,19,30,32-34H2. The molecule has 7 unspecified atom stereocenters. The van der Waals surface area contributed by atoms with Gasteiger partial charge in [-0.25, -0.2) is 0 Å². The van der Waals surface area contributed by atoms with Crippen LogP contribution in [0.25, 0.3) is 34.2 Å². The van der Waals surface area contributed by atoms with Gasteiger partial charge in [0.25, 0.3) is 0 Å². The first-order chi connectivity index (χ1) is 28.2. The van der Waals surface area contributed by atoms with Crippen molar-refractivity contribution in [3.05, 3.63) is 226 Å². The van der Waals surface area contributed by atoms with Crippen LogP contribution in [0, 0.1) is 17.8 Å². The highest BCUT2D eigenvalue weighted by molar-refractivity contribution is 5.90. The Balaban J connectivity index is 0.972. The molecule has 0 saturated heterocycles. The fourth-order valence-corrected chi connectivity index (χ4v) is 10.9. The second-order valence-electron chi connectivity index (χ2n) is 17.1. The molecule has 7 atom stereocenters. The lowest BCUT2D eigenvalue weighted by molar-refractivity contribution is 0.282. The van der Waals surface area contributed by atoms with Gasteiger partial charge in [0.05, 0.1) is 0 Å². The Labute approximate surface area is 337 Å². The summed E-state index contributed by atoms with van der Waals surface area (Å²) in [7, 11) is 0. The molecule has 5 aliphatic rings. The first-order valence-electron chi connectivity index (χ1n) is 21.2. The predicted octanol–water partition coefficient (Wildman–Crippen LogP) is 14.5. The van der Waals surface area contributed by atoms with Gasteiger partial charge in [-0.15, -0.1) is 0 Å². The third-order valence-electron chi connectivity index (χ3n) is 13.8. The monoisotopic (exact) mass is 736 g/mol. The Bertz CT molecular complexity index is 2630. The highest BCUT2D eigenvalue weighted by Crippen LogP contribution is 2.54. The van der Waals surface area contributed by atoms with Crippen molar-refractivity contribution in [3.63, 3.8) is 0 Å². The Hall–Kier alpha value is -5.92. The molecule has 0 N–H and O–H groups in total. The average Bonchev–Trinajstić information content (AvgIpc) is 3.67. The summed E-state index contributed by atoms with van der Waals surface area (Å²) < 4.78 is 6.88. The van der Waals surface area contributed by atoms with Crippen molar-refractivity contribution in [2.75, 3.05) is 0 Å². The summed E-state index contributed by atoms with van der Waals surface area (Å²) in [6.07, 6.45) is 29.9. The molecule has 6 aromatic rings. The van der Waals surface area contributed by atoms with Crippen LogP contribution in [0.15, 0.2) is 192 Å². The van der Waals surface area contributed by atoms with Crippen molar-refractivity contribution in [1.29, 1.82) is 0 Å². The van der Waals surface area contributed by atoms with Gasteiger partial charge in [0.2, 0.25) is 0 Å². The Morgan fingerprint density at radius 1 is 0.544 bits per heavy atom. The molecule has 11 rings (SSSR count). The Kier molecular flexibility index (Phi) is 8.76. The van der Waals surface area contributed by atoms with Gasteiger partial charge in [-0.05, 0) is 107 Å². The van der Waals surface area contributed by atoms with E-state index in [9.17, 15) is 0 Å². The van der Waals surface area contributed by atoms with Crippen LogP contribution in [0.4, 0.5) is 0 Å². The quantitative estimate of drug-likeness (QED) is 0.166. The molecule has 0 amide bonds. The molecular weight excluding hydrogens is 689 g/mol. The van der Waals surface area contributed by atoms with Gasteiger partial charge in [-0.2, -0.15) is 0 Å². The van der Waals surface area contributed by atoms with Gasteiger partial charge in [-0.3, -0.25) is 0 Å². The van der Waals surface area contributed by atoms with Crippen LogP contribution in [0.3, 0.4) is 0 Å². The van der Waals surface area contributed by atoms with Crippen LogP contribution >= 0.6 is 0 Å². The summed E-state index contributed by atoms with van der Waals surface area (Å²) >= 11 is 0. The minimum absolute atomic E-state index is 0.273. The van der Waals surface area contributed by atoms with Crippen molar-refractivity contribution in [1.82, 2.24) is 0 Å². The second-order valence-corrected chi connectivity index (χ2v) is 17.1. The summed E-state index contributed by atoms with van der Waals surface area (Å²) in [5.41, 5.74) is 15.0. The normalized spacial score (nSPS) is 26.0. The molecule has 1 nitrogen and oxygen atoms in total. The molecule has 5 aliphatic carbocycles. The summed E-state index contributed by atoms with van der Waals surface area (Å²) in [6, 6.07) is 47.0. The van der Waals surface area contributed by atoms with Crippen LogP contribution in [-0.4, -0.2) is 0 Å². The average molecular weight is 737 g/mol. The molecule has 0 radical (unpaired) electrons. The lowest BCUT2D eigenvalue weighted by atomic mass is 9.62. The third-order valence-corrected chi connectivity index (χ3v) is 13.8. The molecule has 1 saturated carbocycles. The maximum absolute atomic E-state index is 6.88. The molecule has 5 aromatic carbocycles. The zero-order valence-corrected chi connectivity index (χ0v) is 32.4. The molecule has 278 valence electrons. The smallest absolute Gasteiger partial charge is 0.135 e. The van der Waals surface area contributed by atoms with Crippen molar-refractivity contribution in [3.8, 4) is 11.1 Å². The molecule has 1 heteroatoms. The van der Waals surface area contributed by atoms with E-state index in [0.29, 0.717) is 35.5 Å². The number of fused-ring (bicyclic) bond motifs is 6. The summed E-state index contributed by atoms with van der Waals surface area (Å²) in [5.74, 6) is 3.92. The SMILES string of the molecule is C1=CC2C(C3CC(C4=CC(c5ccccc5)CC=C4)CC(c4ccc5c(c4)C=CC(c4ccccc4)C5)C3)=Cc3oc4cc(-c5ccccc5)ccc4c3C2C=C1. The maximum atomic E-state index is 6.88. The number of benzene rings is 5. The summed E-state index contributed by atoms with van der Waals surface area (Å²) in [5, 5.41) is 1.25. The second kappa shape index (κ2) is 14.5. The van der Waals surface area contributed by atoms with Gasteiger partial charge in [0.1, 0.15) is 11.3 Å². The fraction of sp³-hybridized carbons (Fsp3) is 0.214. The number of hydrogen-bond donors (Lipinski definition) is 0. The van der Waals surface area contributed by atoms with Gasteiger partial charge >= 0.3 is 0 Å². The Morgan fingerprint density at radius 3 is 2.07 bits per heavy atom. The Morgan fingerprint density at radius 2 is 1.26 bits per heavy atom. The maximum Gasteiger partial charge on any atom is 0.135 e. The van der Waals surface area contributed by atoms with E-state index in [-0.39, 0.29) is 5.92 Å². The van der Waals surface area contributed by atoms with Gasteiger partial charge in [0, 0.05) is 34.6 Å². The van der Waals surface area contributed by atoms with E-state index < -0.39 is 0 Å². The molecule has 1 fully saturated rings. The minimum atomic E-state index is 0.273. The zero-order chi connectivity index (χ0) is 37.7. The van der Waals surface area contributed by atoms with Crippen molar-refractivity contribution in [2.45, 2.75) is 55.8 Å². The number of allylic oxidation sites excluding steroid dienone is 10. The largest absolute Gasteiger partial charge is 0.456 e. The van der Waals surface area contributed by atoms with Crippen molar-refractivity contribution >= 4 is 23.1 Å². The van der Waals surface area contributed by atoms with E-state index in [4.69, 9.17) is 4.42 Å². The van der Waals surface area contributed by atoms with Crippen LogP contribution in [0.5, 0.6) is 0 Å². The van der Waals surface area contributed by atoms with E-state index in [1.807, 2.05) is 0 Å². The molecule has 0 aliphatic heterocycles. The molecular formula is C56H48O. The molecule has 57 heavy (non-hydrogen) atoms. The first kappa shape index (κ1) is 34.3. The van der Waals surface area contributed by atoms with E-state index >= 15 is 0 Å². The van der Waals surface area contributed by atoms with Crippen LogP contribution in [0.2, 0.25) is 0 Å².